The van der Waals surface area contributed by atoms with Crippen LogP contribution in [0.2, 0.25) is 0 Å². The number of nitrogens with two attached hydrogens (primary N) is 2. The van der Waals surface area contributed by atoms with Crippen LogP contribution in [0, 0.1) is 23.2 Å². The van der Waals surface area contributed by atoms with Crippen molar-refractivity contribution in [2.75, 3.05) is 21.3 Å². The predicted octanol–water partition coefficient (Wildman–Crippen LogP) is 7.81. The number of nitrogens with zero attached hydrogens (tertiary/aromatic N) is 2. The molecule has 4 aromatic rings. The number of ether oxygens (including phenoxy) is 2. The SMILES string of the molecule is CC(C)C1CCC(C)(C2=CC(=O)N(c3cccc(N)c3Oc3ccccc3)C2=O)C(C2=CC(=O)N(c3cccc(N)c3Oc3ccccc3)C2=O)C1. The fraction of sp³-hybridized carbons (Fsp3) is 0.238. The molecule has 0 aromatic heterocycles. The summed E-state index contributed by atoms with van der Waals surface area (Å²) in [5, 5.41) is 0. The van der Waals surface area contributed by atoms with Crippen molar-refractivity contribution >= 4 is 46.4 Å². The van der Waals surface area contributed by atoms with Crippen LogP contribution in [0.3, 0.4) is 0 Å². The molecule has 10 heteroatoms. The number of anilines is 4. The van der Waals surface area contributed by atoms with Gasteiger partial charge in [0.05, 0.1) is 22.7 Å². The lowest BCUT2D eigenvalue weighted by atomic mass is 9.57. The topological polar surface area (TPSA) is 145 Å². The Balaban J connectivity index is 1.24. The van der Waals surface area contributed by atoms with Crippen LogP contribution in [0.4, 0.5) is 22.7 Å². The first-order chi connectivity index (χ1) is 25.0. The third-order valence-electron chi connectivity index (χ3n) is 10.6. The van der Waals surface area contributed by atoms with Gasteiger partial charge in [0.2, 0.25) is 0 Å². The van der Waals surface area contributed by atoms with Gasteiger partial charge in [0.1, 0.15) is 11.5 Å². The molecule has 4 amide bonds. The fourth-order valence-electron chi connectivity index (χ4n) is 7.68. The van der Waals surface area contributed by atoms with E-state index < -0.39 is 35.0 Å². The summed E-state index contributed by atoms with van der Waals surface area (Å²) in [4.78, 5) is 58.9. The molecule has 4 aromatic carbocycles. The molecule has 1 fully saturated rings. The first kappa shape index (κ1) is 34.3. The molecule has 0 spiro atoms. The Hall–Kier alpha value is -6.16. The van der Waals surface area contributed by atoms with Gasteiger partial charge in [-0.3, -0.25) is 19.2 Å². The zero-order valence-electron chi connectivity index (χ0n) is 29.2. The van der Waals surface area contributed by atoms with Gasteiger partial charge in [-0.1, -0.05) is 69.3 Å². The second-order valence-electron chi connectivity index (χ2n) is 14.1. The van der Waals surface area contributed by atoms with E-state index in [-0.39, 0.29) is 57.2 Å². The van der Waals surface area contributed by atoms with Crippen molar-refractivity contribution < 1.29 is 28.7 Å². The van der Waals surface area contributed by atoms with E-state index in [0.29, 0.717) is 24.3 Å². The number of benzene rings is 4. The maximum Gasteiger partial charge on any atom is 0.262 e. The number of carbonyl (C=O) groups excluding carboxylic acids is 4. The summed E-state index contributed by atoms with van der Waals surface area (Å²) in [5.74, 6) is -0.827. The van der Waals surface area contributed by atoms with Crippen LogP contribution in [0.25, 0.3) is 0 Å². The van der Waals surface area contributed by atoms with E-state index >= 15 is 0 Å². The lowest BCUT2D eigenvalue weighted by Gasteiger charge is -2.46. The quantitative estimate of drug-likeness (QED) is 0.133. The molecule has 0 radical (unpaired) electrons. The molecule has 10 nitrogen and oxygen atoms in total. The van der Waals surface area contributed by atoms with E-state index in [1.165, 1.54) is 12.2 Å². The van der Waals surface area contributed by atoms with Crippen molar-refractivity contribution in [3.05, 3.63) is 120 Å². The second-order valence-corrected chi connectivity index (χ2v) is 14.1. The van der Waals surface area contributed by atoms with E-state index in [1.807, 2.05) is 43.3 Å². The smallest absolute Gasteiger partial charge is 0.262 e. The van der Waals surface area contributed by atoms with Crippen molar-refractivity contribution in [1.82, 2.24) is 0 Å². The summed E-state index contributed by atoms with van der Waals surface area (Å²) in [5.41, 5.74) is 13.2. The van der Waals surface area contributed by atoms with E-state index in [9.17, 15) is 19.2 Å². The minimum atomic E-state index is -0.968. The lowest BCUT2D eigenvalue weighted by molar-refractivity contribution is -0.123. The van der Waals surface area contributed by atoms with Gasteiger partial charge in [0.25, 0.3) is 23.6 Å². The molecule has 0 bridgehead atoms. The Bertz CT molecular complexity index is 2140. The first-order valence-corrected chi connectivity index (χ1v) is 17.4. The molecule has 52 heavy (non-hydrogen) atoms. The Kier molecular flexibility index (Phi) is 8.92. The average molecular weight is 697 g/mol. The lowest BCUT2D eigenvalue weighted by Crippen LogP contribution is -2.44. The Labute approximate surface area is 302 Å². The van der Waals surface area contributed by atoms with Gasteiger partial charge in [0.15, 0.2) is 11.5 Å². The van der Waals surface area contributed by atoms with Crippen molar-refractivity contribution in [1.29, 1.82) is 0 Å². The number of imide groups is 2. The van der Waals surface area contributed by atoms with E-state index in [2.05, 4.69) is 13.8 Å². The molecular formula is C42H40N4O6. The highest BCUT2D eigenvalue weighted by atomic mass is 16.5. The molecule has 264 valence electrons. The van der Waals surface area contributed by atoms with Gasteiger partial charge in [0, 0.05) is 28.7 Å². The van der Waals surface area contributed by atoms with Crippen LogP contribution in [-0.2, 0) is 19.2 Å². The van der Waals surface area contributed by atoms with Crippen LogP contribution in [0.1, 0.15) is 40.0 Å². The summed E-state index contributed by atoms with van der Waals surface area (Å²) in [7, 11) is 0. The van der Waals surface area contributed by atoms with Gasteiger partial charge >= 0.3 is 0 Å². The van der Waals surface area contributed by atoms with Crippen molar-refractivity contribution in [2.45, 2.75) is 40.0 Å². The third kappa shape index (κ3) is 6.00. The molecule has 0 saturated heterocycles. The maximum absolute atomic E-state index is 14.5. The van der Waals surface area contributed by atoms with E-state index in [1.54, 1.807) is 60.7 Å². The normalized spacial score (nSPS) is 21.8. The van der Waals surface area contributed by atoms with Crippen LogP contribution in [0.15, 0.2) is 120 Å². The molecule has 4 N–H and O–H groups in total. The Morgan fingerprint density at radius 1 is 0.673 bits per heavy atom. The maximum atomic E-state index is 14.5. The number of carbonyl (C=O) groups is 4. The van der Waals surface area contributed by atoms with Gasteiger partial charge in [-0.15, -0.1) is 0 Å². The minimum Gasteiger partial charge on any atom is -0.453 e. The van der Waals surface area contributed by atoms with Crippen molar-refractivity contribution in [2.24, 2.45) is 23.2 Å². The standard InChI is InChI=1S/C42H40N4O6/c1-25(2)26-20-21-42(3,31-24-37(48)46(41(31)50)35-19-11-17-33(44)39(35)52-28-14-8-5-9-15-28)30(22-26)29-23-36(47)45(40(29)49)34-18-10-16-32(43)38(34)51-27-12-6-4-7-13-27/h4-19,23-26,30H,20-22,43-44H2,1-3H3. The zero-order valence-corrected chi connectivity index (χ0v) is 29.2. The zero-order chi connectivity index (χ0) is 36.7. The Morgan fingerprint density at radius 3 is 1.69 bits per heavy atom. The first-order valence-electron chi connectivity index (χ1n) is 17.4. The number of hydrogen-bond donors (Lipinski definition) is 2. The van der Waals surface area contributed by atoms with Crippen LogP contribution < -0.4 is 30.7 Å². The van der Waals surface area contributed by atoms with Crippen LogP contribution in [0.5, 0.6) is 23.0 Å². The van der Waals surface area contributed by atoms with Gasteiger partial charge in [-0.25, -0.2) is 9.80 Å². The predicted molar refractivity (Wildman–Crippen MR) is 200 cm³/mol. The average Bonchev–Trinajstić information content (AvgIpc) is 3.60. The van der Waals surface area contributed by atoms with Crippen LogP contribution >= 0.6 is 0 Å². The number of rotatable bonds is 9. The molecule has 1 saturated carbocycles. The monoisotopic (exact) mass is 696 g/mol. The molecule has 1 aliphatic carbocycles. The summed E-state index contributed by atoms with van der Waals surface area (Å²) >= 11 is 0. The number of amides is 4. The highest BCUT2D eigenvalue weighted by molar-refractivity contribution is 6.33. The summed E-state index contributed by atoms with van der Waals surface area (Å²) in [6.45, 7) is 6.18. The molecule has 2 aliphatic heterocycles. The fourth-order valence-corrected chi connectivity index (χ4v) is 7.68. The summed E-state index contributed by atoms with van der Waals surface area (Å²) < 4.78 is 12.2. The Morgan fingerprint density at radius 2 is 1.17 bits per heavy atom. The molecule has 3 unspecified atom stereocenters. The van der Waals surface area contributed by atoms with Gasteiger partial charge in [-0.05, 0) is 85.5 Å². The van der Waals surface area contributed by atoms with E-state index in [4.69, 9.17) is 20.9 Å². The molecule has 3 atom stereocenters. The molecule has 7 rings (SSSR count). The molecule has 2 heterocycles. The minimum absolute atomic E-state index is 0.181. The van der Waals surface area contributed by atoms with Gasteiger partial charge < -0.3 is 20.9 Å². The third-order valence-corrected chi connectivity index (χ3v) is 10.6. The molecule has 3 aliphatic rings. The summed E-state index contributed by atoms with van der Waals surface area (Å²) in [6.07, 6.45) is 4.56. The number of nitrogen functional groups attached to an aromatic ring is 2. The van der Waals surface area contributed by atoms with Crippen molar-refractivity contribution in [3.8, 4) is 23.0 Å². The van der Waals surface area contributed by atoms with Crippen LogP contribution in [-0.4, -0.2) is 23.6 Å². The number of hydrogen-bond acceptors (Lipinski definition) is 8. The van der Waals surface area contributed by atoms with Crippen molar-refractivity contribution in [3.63, 3.8) is 0 Å². The largest absolute Gasteiger partial charge is 0.453 e. The highest BCUT2D eigenvalue weighted by Crippen LogP contribution is 2.56. The summed E-state index contributed by atoms with van der Waals surface area (Å²) in [6, 6.07) is 27.8. The number of para-hydroxylation sites is 4. The highest BCUT2D eigenvalue weighted by Gasteiger charge is 2.54. The molecular weight excluding hydrogens is 656 g/mol. The second kappa shape index (κ2) is 13.5. The van der Waals surface area contributed by atoms with E-state index in [0.717, 1.165) is 16.2 Å². The van der Waals surface area contributed by atoms with Gasteiger partial charge in [-0.2, -0.15) is 0 Å².